The number of halogens is 2. The second-order valence-electron chi connectivity index (χ2n) is 4.82. The van der Waals surface area contributed by atoms with Crippen LogP contribution in [0.15, 0.2) is 41.1 Å². The highest BCUT2D eigenvalue weighted by Gasteiger charge is 2.12. The number of anilines is 2. The van der Waals surface area contributed by atoms with Crippen molar-refractivity contribution in [1.29, 1.82) is 0 Å². The van der Waals surface area contributed by atoms with E-state index >= 15 is 0 Å². The molecular formula is C15H17BrFN3. The van der Waals surface area contributed by atoms with Gasteiger partial charge in [-0.05, 0) is 30.7 Å². The molecule has 1 aromatic carbocycles. The fraction of sp³-hybridized carbons (Fsp3) is 0.267. The van der Waals surface area contributed by atoms with Gasteiger partial charge in [-0.2, -0.15) is 0 Å². The van der Waals surface area contributed by atoms with Gasteiger partial charge in [0.1, 0.15) is 5.82 Å². The van der Waals surface area contributed by atoms with Gasteiger partial charge in [-0.1, -0.05) is 22.0 Å². The maximum atomic E-state index is 13.1. The Balaban J connectivity index is 2.26. The molecule has 1 heterocycles. The molecule has 0 aliphatic heterocycles. The molecule has 106 valence electrons. The van der Waals surface area contributed by atoms with Gasteiger partial charge in [-0.15, -0.1) is 0 Å². The Bertz CT molecular complexity index is 601. The fourth-order valence-corrected chi connectivity index (χ4v) is 2.75. The average Bonchev–Trinajstić information content (AvgIpc) is 2.38. The van der Waals surface area contributed by atoms with Gasteiger partial charge in [0.2, 0.25) is 0 Å². The second-order valence-corrected chi connectivity index (χ2v) is 5.67. The summed E-state index contributed by atoms with van der Waals surface area (Å²) in [5.41, 5.74) is 3.01. The van der Waals surface area contributed by atoms with Crippen LogP contribution in [0.5, 0.6) is 0 Å². The normalized spacial score (nSPS) is 12.1. The highest BCUT2D eigenvalue weighted by Crippen LogP contribution is 2.30. The van der Waals surface area contributed by atoms with Crippen molar-refractivity contribution >= 4 is 27.3 Å². The molecule has 0 spiro atoms. The summed E-state index contributed by atoms with van der Waals surface area (Å²) in [7, 11) is 3.97. The SMILES string of the molecule is CC(Nc1cnccc1N(C)C)c1ccc(F)cc1Br. The minimum absolute atomic E-state index is 0.0351. The zero-order valence-corrected chi connectivity index (χ0v) is 13.3. The third kappa shape index (κ3) is 3.28. The van der Waals surface area contributed by atoms with Gasteiger partial charge in [0.25, 0.3) is 0 Å². The first-order valence-electron chi connectivity index (χ1n) is 6.32. The topological polar surface area (TPSA) is 28.2 Å². The van der Waals surface area contributed by atoms with Crippen molar-refractivity contribution < 1.29 is 4.39 Å². The van der Waals surface area contributed by atoms with E-state index in [9.17, 15) is 4.39 Å². The number of nitrogens with one attached hydrogen (secondary N) is 1. The minimum Gasteiger partial charge on any atom is -0.376 e. The first kappa shape index (κ1) is 14.8. The summed E-state index contributed by atoms with van der Waals surface area (Å²) in [5.74, 6) is -0.247. The lowest BCUT2D eigenvalue weighted by molar-refractivity contribution is 0.625. The van der Waals surface area contributed by atoms with Crippen molar-refractivity contribution in [2.75, 3.05) is 24.3 Å². The minimum atomic E-state index is -0.247. The predicted octanol–water partition coefficient (Wildman–Crippen LogP) is 4.22. The zero-order chi connectivity index (χ0) is 14.7. The lowest BCUT2D eigenvalue weighted by Crippen LogP contribution is -2.14. The number of rotatable bonds is 4. The molecule has 1 unspecified atom stereocenters. The van der Waals surface area contributed by atoms with Crippen LogP contribution in [0.2, 0.25) is 0 Å². The third-order valence-electron chi connectivity index (χ3n) is 3.08. The number of benzene rings is 1. The highest BCUT2D eigenvalue weighted by atomic mass is 79.9. The van der Waals surface area contributed by atoms with E-state index in [1.807, 2.05) is 32.0 Å². The smallest absolute Gasteiger partial charge is 0.124 e. The van der Waals surface area contributed by atoms with Crippen molar-refractivity contribution in [2.45, 2.75) is 13.0 Å². The number of hydrogen-bond acceptors (Lipinski definition) is 3. The van der Waals surface area contributed by atoms with Crippen LogP contribution in [0.3, 0.4) is 0 Å². The van der Waals surface area contributed by atoms with E-state index in [1.54, 1.807) is 18.5 Å². The monoisotopic (exact) mass is 337 g/mol. The van der Waals surface area contributed by atoms with Gasteiger partial charge in [-0.25, -0.2) is 4.39 Å². The van der Waals surface area contributed by atoms with Crippen molar-refractivity contribution in [3.8, 4) is 0 Å². The van der Waals surface area contributed by atoms with Gasteiger partial charge in [0.15, 0.2) is 0 Å². The van der Waals surface area contributed by atoms with Crippen molar-refractivity contribution in [3.05, 3.63) is 52.5 Å². The summed E-state index contributed by atoms with van der Waals surface area (Å²) in [6.45, 7) is 2.03. The molecule has 1 aromatic heterocycles. The maximum absolute atomic E-state index is 13.1. The molecule has 0 fully saturated rings. The van der Waals surface area contributed by atoms with Crippen molar-refractivity contribution in [2.24, 2.45) is 0 Å². The molecule has 0 aliphatic carbocycles. The second kappa shape index (κ2) is 6.22. The Morgan fingerprint density at radius 3 is 2.70 bits per heavy atom. The van der Waals surface area contributed by atoms with Gasteiger partial charge < -0.3 is 10.2 Å². The molecule has 0 aliphatic rings. The Labute approximate surface area is 127 Å². The molecule has 2 aromatic rings. The van der Waals surface area contributed by atoms with Crippen LogP contribution in [0, 0.1) is 5.82 Å². The van der Waals surface area contributed by atoms with E-state index in [1.165, 1.54) is 12.1 Å². The quantitative estimate of drug-likeness (QED) is 0.905. The number of aromatic nitrogens is 1. The van der Waals surface area contributed by atoms with Crippen LogP contribution < -0.4 is 10.2 Å². The highest BCUT2D eigenvalue weighted by molar-refractivity contribution is 9.10. The van der Waals surface area contributed by atoms with Gasteiger partial charge in [0.05, 0.1) is 17.6 Å². The summed E-state index contributed by atoms with van der Waals surface area (Å²) in [6, 6.07) is 6.71. The zero-order valence-electron chi connectivity index (χ0n) is 11.7. The lowest BCUT2D eigenvalue weighted by Gasteiger charge is -2.22. The van der Waals surface area contributed by atoms with Crippen LogP contribution in [0.25, 0.3) is 0 Å². The molecule has 20 heavy (non-hydrogen) atoms. The average molecular weight is 338 g/mol. The van der Waals surface area contributed by atoms with Crippen LogP contribution in [-0.4, -0.2) is 19.1 Å². The maximum Gasteiger partial charge on any atom is 0.124 e. The van der Waals surface area contributed by atoms with Crippen LogP contribution in [0.4, 0.5) is 15.8 Å². The first-order chi connectivity index (χ1) is 9.49. The predicted molar refractivity (Wildman–Crippen MR) is 84.7 cm³/mol. The van der Waals surface area contributed by atoms with E-state index < -0.39 is 0 Å². The lowest BCUT2D eigenvalue weighted by atomic mass is 10.1. The summed E-state index contributed by atoms with van der Waals surface area (Å²) < 4.78 is 13.9. The van der Waals surface area contributed by atoms with Crippen LogP contribution in [0.1, 0.15) is 18.5 Å². The largest absolute Gasteiger partial charge is 0.376 e. The van der Waals surface area contributed by atoms with Crippen LogP contribution >= 0.6 is 15.9 Å². The summed E-state index contributed by atoms with van der Waals surface area (Å²) >= 11 is 3.40. The van der Waals surface area contributed by atoms with Gasteiger partial charge in [-0.3, -0.25) is 4.98 Å². The Morgan fingerprint density at radius 1 is 1.30 bits per heavy atom. The summed E-state index contributed by atoms with van der Waals surface area (Å²) in [5, 5.41) is 3.41. The molecule has 3 nitrogen and oxygen atoms in total. The van der Waals surface area contributed by atoms with Crippen molar-refractivity contribution in [1.82, 2.24) is 4.98 Å². The molecule has 1 N–H and O–H groups in total. The van der Waals surface area contributed by atoms with E-state index in [-0.39, 0.29) is 11.9 Å². The Kier molecular flexibility index (Phi) is 4.60. The van der Waals surface area contributed by atoms with Crippen LogP contribution in [-0.2, 0) is 0 Å². The standard InChI is InChI=1S/C15H17BrFN3/c1-10(12-5-4-11(17)8-13(12)16)19-14-9-18-7-6-15(14)20(2)3/h4-10,19H,1-3H3. The summed E-state index contributed by atoms with van der Waals surface area (Å²) in [4.78, 5) is 6.17. The molecule has 2 rings (SSSR count). The molecule has 0 saturated carbocycles. The number of hydrogen-bond donors (Lipinski definition) is 1. The Hall–Kier alpha value is -1.62. The third-order valence-corrected chi connectivity index (χ3v) is 3.77. The van der Waals surface area contributed by atoms with E-state index in [0.717, 1.165) is 21.4 Å². The van der Waals surface area contributed by atoms with Gasteiger partial charge >= 0.3 is 0 Å². The molecule has 0 radical (unpaired) electrons. The first-order valence-corrected chi connectivity index (χ1v) is 7.11. The van der Waals surface area contributed by atoms with E-state index in [2.05, 4.69) is 26.2 Å². The molecule has 1 atom stereocenters. The number of pyridine rings is 1. The summed E-state index contributed by atoms with van der Waals surface area (Å²) in [6.07, 6.45) is 3.56. The number of nitrogens with zero attached hydrogens (tertiary/aromatic N) is 2. The molecule has 5 heteroatoms. The molecular weight excluding hydrogens is 321 g/mol. The Morgan fingerprint density at radius 2 is 2.05 bits per heavy atom. The van der Waals surface area contributed by atoms with Crippen molar-refractivity contribution in [3.63, 3.8) is 0 Å². The van der Waals surface area contributed by atoms with E-state index in [4.69, 9.17) is 0 Å². The molecule has 0 bridgehead atoms. The molecule has 0 amide bonds. The van der Waals surface area contributed by atoms with E-state index in [0.29, 0.717) is 0 Å². The molecule has 0 saturated heterocycles. The van der Waals surface area contributed by atoms with Gasteiger partial charge in [0, 0.05) is 30.8 Å². The fourth-order valence-electron chi connectivity index (χ4n) is 2.05.